The lowest BCUT2D eigenvalue weighted by molar-refractivity contribution is 0.0929. The molecule has 3 rings (SSSR count). The van der Waals surface area contributed by atoms with Crippen molar-refractivity contribution >= 4 is 23.1 Å². The van der Waals surface area contributed by atoms with Crippen molar-refractivity contribution in [3.05, 3.63) is 71.0 Å². The van der Waals surface area contributed by atoms with E-state index in [0.29, 0.717) is 17.3 Å². The first-order valence-electron chi connectivity index (χ1n) is 7.97. The van der Waals surface area contributed by atoms with Crippen LogP contribution in [-0.2, 0) is 0 Å². The van der Waals surface area contributed by atoms with Crippen LogP contribution in [0.1, 0.15) is 47.0 Å². The van der Waals surface area contributed by atoms with E-state index < -0.39 is 0 Å². The van der Waals surface area contributed by atoms with Gasteiger partial charge in [-0.05, 0) is 30.0 Å². The summed E-state index contributed by atoms with van der Waals surface area (Å²) in [6, 6.07) is 15.7. The van der Waals surface area contributed by atoms with E-state index in [0.717, 1.165) is 16.5 Å². The van der Waals surface area contributed by atoms with Crippen molar-refractivity contribution < 1.29 is 9.21 Å². The predicted molar refractivity (Wildman–Crippen MR) is 96.5 cm³/mol. The average molecular weight is 320 g/mol. The quantitative estimate of drug-likeness (QED) is 0.563. The van der Waals surface area contributed by atoms with Gasteiger partial charge in [0.1, 0.15) is 5.58 Å². The third-order valence-corrected chi connectivity index (χ3v) is 4.03. The molecule has 4 nitrogen and oxygen atoms in total. The van der Waals surface area contributed by atoms with Gasteiger partial charge in [-0.2, -0.15) is 5.10 Å². The average Bonchev–Trinajstić information content (AvgIpc) is 2.93. The van der Waals surface area contributed by atoms with Gasteiger partial charge in [0.25, 0.3) is 0 Å². The lowest BCUT2D eigenvalue weighted by atomic mass is 10.0. The molecule has 3 aromatic rings. The summed E-state index contributed by atoms with van der Waals surface area (Å²) < 4.78 is 5.62. The van der Waals surface area contributed by atoms with Crippen LogP contribution in [0.25, 0.3) is 11.0 Å². The molecule has 0 fully saturated rings. The lowest BCUT2D eigenvalue weighted by Crippen LogP contribution is -2.17. The zero-order valence-corrected chi connectivity index (χ0v) is 14.0. The van der Waals surface area contributed by atoms with Crippen LogP contribution < -0.4 is 5.43 Å². The minimum atomic E-state index is -0.348. The maximum absolute atomic E-state index is 12.3. The highest BCUT2D eigenvalue weighted by Gasteiger charge is 2.16. The summed E-state index contributed by atoms with van der Waals surface area (Å²) >= 11 is 0. The van der Waals surface area contributed by atoms with Crippen LogP contribution in [0.15, 0.2) is 58.0 Å². The molecule has 2 aromatic carbocycles. The zero-order chi connectivity index (χ0) is 17.1. The number of furan rings is 1. The summed E-state index contributed by atoms with van der Waals surface area (Å²) in [5.41, 5.74) is 6.25. The van der Waals surface area contributed by atoms with Gasteiger partial charge in [-0.1, -0.05) is 56.3 Å². The number of benzene rings is 2. The molecular formula is C20H20N2O2. The maximum atomic E-state index is 12.3. The van der Waals surface area contributed by atoms with Gasteiger partial charge in [0.05, 0.1) is 6.21 Å². The van der Waals surface area contributed by atoms with Gasteiger partial charge in [-0.25, -0.2) is 5.43 Å². The van der Waals surface area contributed by atoms with Crippen molar-refractivity contribution in [3.63, 3.8) is 0 Å². The molecule has 1 amide bonds. The van der Waals surface area contributed by atoms with E-state index >= 15 is 0 Å². The van der Waals surface area contributed by atoms with Crippen molar-refractivity contribution in [2.75, 3.05) is 0 Å². The molecule has 0 aliphatic heterocycles. The minimum absolute atomic E-state index is 0.295. The Morgan fingerprint density at radius 2 is 1.83 bits per heavy atom. The summed E-state index contributed by atoms with van der Waals surface area (Å²) in [4.78, 5) is 12.3. The Hall–Kier alpha value is -2.88. The molecule has 0 aliphatic rings. The number of carbonyl (C=O) groups excluding carboxylic acids is 1. The smallest absolute Gasteiger partial charge is 0.307 e. The van der Waals surface area contributed by atoms with Crippen molar-refractivity contribution in [2.45, 2.75) is 26.7 Å². The second-order valence-corrected chi connectivity index (χ2v) is 6.07. The molecule has 1 N–H and O–H groups in total. The number of aryl methyl sites for hydroxylation is 1. The molecule has 0 unspecified atom stereocenters. The number of hydrazone groups is 1. The first-order valence-corrected chi connectivity index (χ1v) is 7.97. The molecule has 0 saturated carbocycles. The van der Waals surface area contributed by atoms with E-state index in [-0.39, 0.29) is 5.91 Å². The Balaban J connectivity index is 1.71. The summed E-state index contributed by atoms with van der Waals surface area (Å²) in [5.74, 6) is 0.439. The van der Waals surface area contributed by atoms with Gasteiger partial charge in [-0.3, -0.25) is 4.79 Å². The zero-order valence-electron chi connectivity index (χ0n) is 14.0. The SMILES string of the molecule is Cc1c(C(=O)N/N=C\c2ccc(C(C)C)cc2)oc2ccccc12. The van der Waals surface area contributed by atoms with Crippen LogP contribution in [0.3, 0.4) is 0 Å². The Morgan fingerprint density at radius 1 is 1.12 bits per heavy atom. The highest BCUT2D eigenvalue weighted by atomic mass is 16.3. The fourth-order valence-corrected chi connectivity index (χ4v) is 2.57. The van der Waals surface area contributed by atoms with Gasteiger partial charge >= 0.3 is 5.91 Å². The topological polar surface area (TPSA) is 54.6 Å². The third-order valence-electron chi connectivity index (χ3n) is 4.03. The summed E-state index contributed by atoms with van der Waals surface area (Å²) in [6.45, 7) is 6.17. The van der Waals surface area contributed by atoms with Gasteiger partial charge in [0.2, 0.25) is 0 Å². The highest BCUT2D eigenvalue weighted by molar-refractivity contribution is 5.99. The molecule has 0 atom stereocenters. The van der Waals surface area contributed by atoms with Gasteiger partial charge < -0.3 is 4.42 Å². The van der Waals surface area contributed by atoms with Crippen LogP contribution in [0.5, 0.6) is 0 Å². The molecule has 1 aromatic heterocycles. The normalized spacial score (nSPS) is 11.5. The second kappa shape index (κ2) is 6.71. The van der Waals surface area contributed by atoms with Crippen molar-refractivity contribution in [1.82, 2.24) is 5.43 Å². The van der Waals surface area contributed by atoms with Crippen LogP contribution in [-0.4, -0.2) is 12.1 Å². The first-order chi connectivity index (χ1) is 11.6. The van der Waals surface area contributed by atoms with E-state index in [2.05, 4.69) is 36.5 Å². The molecule has 0 saturated heterocycles. The third kappa shape index (κ3) is 3.23. The first kappa shape index (κ1) is 16.0. The number of carbonyl (C=O) groups is 1. The summed E-state index contributed by atoms with van der Waals surface area (Å²) in [5, 5.41) is 4.96. The van der Waals surface area contributed by atoms with E-state index in [1.807, 2.05) is 43.3 Å². The molecule has 0 aliphatic carbocycles. The Bertz CT molecular complexity index is 890. The molecule has 24 heavy (non-hydrogen) atoms. The monoisotopic (exact) mass is 320 g/mol. The summed E-state index contributed by atoms with van der Waals surface area (Å²) in [6.07, 6.45) is 1.62. The molecule has 4 heteroatoms. The standard InChI is InChI=1S/C20H20N2O2/c1-13(2)16-10-8-15(9-11-16)12-21-22-20(23)19-14(3)17-6-4-5-7-18(17)24-19/h4-13H,1-3H3,(H,22,23)/b21-12-. The van der Waals surface area contributed by atoms with Crippen molar-refractivity contribution in [2.24, 2.45) is 5.10 Å². The highest BCUT2D eigenvalue weighted by Crippen LogP contribution is 2.24. The number of amides is 1. The Labute approximate surface area is 141 Å². The number of para-hydroxylation sites is 1. The Kier molecular flexibility index (Phi) is 4.47. The predicted octanol–water partition coefficient (Wildman–Crippen LogP) is 4.63. The molecular weight excluding hydrogens is 300 g/mol. The van der Waals surface area contributed by atoms with E-state index in [4.69, 9.17) is 4.42 Å². The van der Waals surface area contributed by atoms with Gasteiger partial charge in [0, 0.05) is 10.9 Å². The Morgan fingerprint density at radius 3 is 2.50 bits per heavy atom. The number of fused-ring (bicyclic) bond motifs is 1. The maximum Gasteiger partial charge on any atom is 0.307 e. The molecule has 0 radical (unpaired) electrons. The second-order valence-electron chi connectivity index (χ2n) is 6.07. The van der Waals surface area contributed by atoms with Gasteiger partial charge in [-0.15, -0.1) is 0 Å². The van der Waals surface area contributed by atoms with Crippen molar-refractivity contribution in [1.29, 1.82) is 0 Å². The van der Waals surface area contributed by atoms with Gasteiger partial charge in [0.15, 0.2) is 5.76 Å². The minimum Gasteiger partial charge on any atom is -0.451 e. The molecule has 122 valence electrons. The fourth-order valence-electron chi connectivity index (χ4n) is 2.57. The largest absolute Gasteiger partial charge is 0.451 e. The number of hydrogen-bond donors (Lipinski definition) is 1. The number of rotatable bonds is 4. The van der Waals surface area contributed by atoms with Crippen LogP contribution in [0, 0.1) is 6.92 Å². The summed E-state index contributed by atoms with van der Waals surface area (Å²) in [7, 11) is 0. The van der Waals surface area contributed by atoms with E-state index in [1.165, 1.54) is 5.56 Å². The van der Waals surface area contributed by atoms with Crippen LogP contribution in [0.4, 0.5) is 0 Å². The number of nitrogens with zero attached hydrogens (tertiary/aromatic N) is 1. The van der Waals surface area contributed by atoms with E-state index in [9.17, 15) is 4.79 Å². The van der Waals surface area contributed by atoms with Crippen molar-refractivity contribution in [3.8, 4) is 0 Å². The molecule has 1 heterocycles. The molecule has 0 bridgehead atoms. The fraction of sp³-hybridized carbons (Fsp3) is 0.200. The number of hydrogen-bond acceptors (Lipinski definition) is 3. The number of nitrogens with one attached hydrogen (secondary N) is 1. The van der Waals surface area contributed by atoms with E-state index in [1.54, 1.807) is 6.21 Å². The molecule has 0 spiro atoms. The van der Waals surface area contributed by atoms with Crippen LogP contribution in [0.2, 0.25) is 0 Å². The lowest BCUT2D eigenvalue weighted by Gasteiger charge is -2.04. The van der Waals surface area contributed by atoms with Crippen LogP contribution >= 0.6 is 0 Å².